The maximum atomic E-state index is 13.4. The van der Waals surface area contributed by atoms with Crippen molar-refractivity contribution >= 4 is 52.8 Å². The quantitative estimate of drug-likeness (QED) is 0.0773. The summed E-state index contributed by atoms with van der Waals surface area (Å²) in [6, 6.07) is 15.8. The molecular formula is C34H30ClF4N7O6. The molecular weight excluding hydrogens is 714 g/mol. The third-order valence-corrected chi connectivity index (χ3v) is 7.96. The minimum atomic E-state index is -4.65. The van der Waals surface area contributed by atoms with Crippen LogP contribution in [0.15, 0.2) is 72.8 Å². The maximum absolute atomic E-state index is 13.4. The first-order chi connectivity index (χ1) is 24.7. The molecule has 1 aliphatic rings. The first-order valence-electron chi connectivity index (χ1n) is 15.6. The van der Waals surface area contributed by atoms with Gasteiger partial charge >= 0.3 is 18.2 Å². The SMILES string of the molecule is O=C(Cc1cccc(F)c1)C(=O)NCC[C@H](NC(=O)c1ccc(Nc2nc(NC3(c4ccc(Cl)cc4)CC3)nc(OCC(F)(F)F)n2)cc1)C(=O)O. The summed E-state index contributed by atoms with van der Waals surface area (Å²) in [5.74, 6) is -4.78. The van der Waals surface area contributed by atoms with Gasteiger partial charge in [0.05, 0.1) is 5.54 Å². The second kappa shape index (κ2) is 16.0. The molecule has 1 saturated carbocycles. The fraction of sp³-hybridized carbons (Fsp3) is 0.265. The highest BCUT2D eigenvalue weighted by Crippen LogP contribution is 2.48. The number of hydrogen-bond donors (Lipinski definition) is 5. The number of nitrogens with one attached hydrogen (secondary N) is 4. The number of anilines is 3. The van der Waals surface area contributed by atoms with E-state index in [1.165, 1.54) is 42.5 Å². The summed E-state index contributed by atoms with van der Waals surface area (Å²) in [5, 5.41) is 20.8. The Hall–Kier alpha value is -5.84. The van der Waals surface area contributed by atoms with Crippen LogP contribution in [0.5, 0.6) is 6.01 Å². The molecule has 0 spiro atoms. The van der Waals surface area contributed by atoms with E-state index in [-0.39, 0.29) is 36.8 Å². The average Bonchev–Trinajstić information content (AvgIpc) is 3.87. The molecule has 3 aromatic carbocycles. The molecule has 0 saturated heterocycles. The van der Waals surface area contributed by atoms with E-state index >= 15 is 0 Å². The number of carbonyl (C=O) groups is 4. The molecule has 0 bridgehead atoms. The topological polar surface area (TPSA) is 185 Å². The number of Topliss-reactive ketones (excluding diaryl/α,β-unsaturated/α-hetero) is 1. The Morgan fingerprint density at radius 2 is 1.63 bits per heavy atom. The Labute approximate surface area is 298 Å². The lowest BCUT2D eigenvalue weighted by Crippen LogP contribution is -2.43. The molecule has 5 N–H and O–H groups in total. The number of ether oxygens (including phenoxy) is 1. The zero-order chi connectivity index (χ0) is 37.5. The maximum Gasteiger partial charge on any atom is 0.422 e. The van der Waals surface area contributed by atoms with Gasteiger partial charge in [-0.15, -0.1) is 0 Å². The van der Waals surface area contributed by atoms with E-state index in [1.807, 2.05) is 12.1 Å². The minimum Gasteiger partial charge on any atom is -0.480 e. The molecule has 4 aromatic rings. The summed E-state index contributed by atoms with van der Waals surface area (Å²) in [5.41, 5.74) is 0.969. The summed E-state index contributed by atoms with van der Waals surface area (Å²) in [6.45, 7) is -1.90. The molecule has 1 aromatic heterocycles. The van der Waals surface area contributed by atoms with Crippen LogP contribution in [0.1, 0.15) is 40.7 Å². The highest BCUT2D eigenvalue weighted by Gasteiger charge is 2.45. The number of hydrogen-bond acceptors (Lipinski definition) is 10. The molecule has 2 amide bonds. The van der Waals surface area contributed by atoms with Crippen LogP contribution in [0.3, 0.4) is 0 Å². The third kappa shape index (κ3) is 10.6. The van der Waals surface area contributed by atoms with Crippen LogP contribution >= 0.6 is 11.6 Å². The van der Waals surface area contributed by atoms with Gasteiger partial charge in [-0.05, 0) is 78.9 Å². The lowest BCUT2D eigenvalue weighted by atomic mass is 10.1. The van der Waals surface area contributed by atoms with Crippen LogP contribution in [0, 0.1) is 5.82 Å². The highest BCUT2D eigenvalue weighted by atomic mass is 35.5. The number of aromatic nitrogens is 3. The van der Waals surface area contributed by atoms with Gasteiger partial charge in [-0.3, -0.25) is 14.4 Å². The third-order valence-electron chi connectivity index (χ3n) is 7.71. The second-order valence-electron chi connectivity index (χ2n) is 11.7. The fourth-order valence-electron chi connectivity index (χ4n) is 4.95. The predicted molar refractivity (Wildman–Crippen MR) is 179 cm³/mol. The average molecular weight is 744 g/mol. The summed E-state index contributed by atoms with van der Waals surface area (Å²) in [4.78, 5) is 61.2. The van der Waals surface area contributed by atoms with Gasteiger partial charge in [0.15, 0.2) is 6.61 Å². The van der Waals surface area contributed by atoms with Crippen LogP contribution in [0.25, 0.3) is 0 Å². The standard InChI is InChI=1S/C34H30ClF4N7O6/c35-22-8-6-21(7-9-22)33(13-14-33)46-31-43-30(44-32(45-31)52-18-34(37,38)39)41-24-10-4-20(5-11-24)27(48)42-25(29(50)51)12-15-40-28(49)26(47)17-19-2-1-3-23(36)16-19/h1-11,16,25H,12-15,17-18H2,(H,40,49)(H,42,48)(H,50,51)(H2,41,43,44,45,46)/t25-/m0/s1. The first kappa shape index (κ1) is 37.4. The van der Waals surface area contributed by atoms with Gasteiger partial charge in [0, 0.05) is 29.2 Å². The van der Waals surface area contributed by atoms with Gasteiger partial charge < -0.3 is 31.1 Å². The van der Waals surface area contributed by atoms with Crippen molar-refractivity contribution in [1.82, 2.24) is 25.6 Å². The normalized spacial score (nSPS) is 13.7. The van der Waals surface area contributed by atoms with Gasteiger partial charge in [-0.2, -0.15) is 28.1 Å². The molecule has 272 valence electrons. The monoisotopic (exact) mass is 743 g/mol. The predicted octanol–water partition coefficient (Wildman–Crippen LogP) is 4.95. The molecule has 0 aliphatic heterocycles. The van der Waals surface area contributed by atoms with Crippen LogP contribution < -0.4 is 26.0 Å². The van der Waals surface area contributed by atoms with Gasteiger partial charge in [-0.1, -0.05) is 35.9 Å². The second-order valence-corrected chi connectivity index (χ2v) is 12.2. The molecule has 1 aliphatic carbocycles. The zero-order valence-corrected chi connectivity index (χ0v) is 27.7. The Kier molecular flexibility index (Phi) is 11.5. The molecule has 0 unspecified atom stereocenters. The van der Waals surface area contributed by atoms with E-state index in [2.05, 4.69) is 36.2 Å². The number of carboxylic acids is 1. The van der Waals surface area contributed by atoms with Gasteiger partial charge in [0.1, 0.15) is 11.9 Å². The Morgan fingerprint density at radius 1 is 0.942 bits per heavy atom. The number of ketones is 1. The number of amides is 2. The smallest absolute Gasteiger partial charge is 0.422 e. The lowest BCUT2D eigenvalue weighted by Gasteiger charge is -2.19. The van der Waals surface area contributed by atoms with E-state index in [9.17, 15) is 41.8 Å². The summed E-state index contributed by atoms with van der Waals surface area (Å²) in [6.07, 6.45) is -3.87. The van der Waals surface area contributed by atoms with Crippen molar-refractivity contribution < 1.29 is 46.6 Å². The minimum absolute atomic E-state index is 0.0509. The van der Waals surface area contributed by atoms with Crippen molar-refractivity contribution in [2.75, 3.05) is 23.8 Å². The number of rotatable bonds is 16. The number of aliphatic carboxylic acids is 1. The van der Waals surface area contributed by atoms with Crippen molar-refractivity contribution in [1.29, 1.82) is 0 Å². The highest BCUT2D eigenvalue weighted by molar-refractivity contribution is 6.36. The van der Waals surface area contributed by atoms with Crippen LogP contribution in [0.4, 0.5) is 35.1 Å². The van der Waals surface area contributed by atoms with Crippen molar-refractivity contribution in [3.63, 3.8) is 0 Å². The van der Waals surface area contributed by atoms with Crippen LogP contribution in [-0.2, 0) is 26.3 Å². The van der Waals surface area contributed by atoms with E-state index in [1.54, 1.807) is 12.1 Å². The molecule has 1 atom stereocenters. The Morgan fingerprint density at radius 3 is 2.27 bits per heavy atom. The molecule has 13 nitrogen and oxygen atoms in total. The number of nitrogens with zero attached hydrogens (tertiary/aromatic N) is 3. The molecule has 18 heteroatoms. The van der Waals surface area contributed by atoms with Crippen molar-refractivity contribution in [3.8, 4) is 6.01 Å². The van der Waals surface area contributed by atoms with E-state index < -0.39 is 59.8 Å². The number of alkyl halides is 3. The van der Waals surface area contributed by atoms with Gasteiger partial charge in [0.25, 0.3) is 11.8 Å². The van der Waals surface area contributed by atoms with Gasteiger partial charge in [-0.25, -0.2) is 9.18 Å². The Bertz CT molecular complexity index is 1940. The fourth-order valence-corrected chi connectivity index (χ4v) is 5.07. The first-order valence-corrected chi connectivity index (χ1v) is 16.0. The van der Waals surface area contributed by atoms with Crippen molar-refractivity contribution in [2.45, 2.75) is 43.4 Å². The molecule has 0 radical (unpaired) electrons. The van der Waals surface area contributed by atoms with Crippen molar-refractivity contribution in [2.24, 2.45) is 0 Å². The largest absolute Gasteiger partial charge is 0.480 e. The zero-order valence-electron chi connectivity index (χ0n) is 27.0. The number of benzene rings is 3. The van der Waals surface area contributed by atoms with Gasteiger partial charge in [0.2, 0.25) is 17.7 Å². The van der Waals surface area contributed by atoms with E-state index in [4.69, 9.17) is 16.3 Å². The number of halogens is 5. The van der Waals surface area contributed by atoms with E-state index in [0.29, 0.717) is 29.1 Å². The molecule has 5 rings (SSSR count). The number of carbonyl (C=O) groups excluding carboxylic acids is 3. The lowest BCUT2D eigenvalue weighted by molar-refractivity contribution is -0.154. The number of carboxylic acid groups (broad SMARTS) is 1. The van der Waals surface area contributed by atoms with E-state index in [0.717, 1.165) is 11.6 Å². The van der Waals surface area contributed by atoms with Crippen LogP contribution in [-0.4, -0.2) is 69.0 Å². The molecule has 1 fully saturated rings. The molecule has 1 heterocycles. The van der Waals surface area contributed by atoms with Crippen molar-refractivity contribution in [3.05, 3.63) is 100 Å². The Balaban J connectivity index is 1.19. The summed E-state index contributed by atoms with van der Waals surface area (Å²) >= 11 is 6.01. The summed E-state index contributed by atoms with van der Waals surface area (Å²) < 4.78 is 56.9. The molecule has 52 heavy (non-hydrogen) atoms. The van der Waals surface area contributed by atoms with Crippen LogP contribution in [0.2, 0.25) is 5.02 Å². The summed E-state index contributed by atoms with van der Waals surface area (Å²) in [7, 11) is 0.